The van der Waals surface area contributed by atoms with E-state index in [2.05, 4.69) is 5.32 Å². The van der Waals surface area contributed by atoms with Crippen molar-refractivity contribution in [2.45, 2.75) is 45.0 Å². The highest BCUT2D eigenvalue weighted by atomic mass is 35.5. The molecule has 1 aliphatic rings. The lowest BCUT2D eigenvalue weighted by Gasteiger charge is -2.21. The smallest absolute Gasteiger partial charge is 0.323 e. The number of carbonyl (C=O) groups excluding carboxylic acids is 1. The van der Waals surface area contributed by atoms with Crippen LogP contribution in [0.2, 0.25) is 0 Å². The third-order valence-electron chi connectivity index (χ3n) is 1.77. The Labute approximate surface area is 89.8 Å². The molecule has 84 valence electrons. The van der Waals surface area contributed by atoms with Gasteiger partial charge in [0.15, 0.2) is 0 Å². The average Bonchev–Trinajstić information content (AvgIpc) is 2.31. The SMILES string of the molecule is CC(C)(C)OC(=O)[C@@H]1C[C@H](F)CN1.Cl. The molecule has 0 unspecified atom stereocenters. The number of hydrogen-bond donors (Lipinski definition) is 1. The van der Waals surface area contributed by atoms with Crippen LogP contribution in [0.3, 0.4) is 0 Å². The van der Waals surface area contributed by atoms with Gasteiger partial charge in [0.05, 0.1) is 0 Å². The first kappa shape index (κ1) is 13.7. The molecule has 0 aromatic rings. The highest BCUT2D eigenvalue weighted by Gasteiger charge is 2.32. The molecule has 2 atom stereocenters. The van der Waals surface area contributed by atoms with E-state index in [0.29, 0.717) is 0 Å². The van der Waals surface area contributed by atoms with E-state index >= 15 is 0 Å². The summed E-state index contributed by atoms with van der Waals surface area (Å²) in [6, 6.07) is -0.464. The number of carbonyl (C=O) groups is 1. The lowest BCUT2D eigenvalue weighted by molar-refractivity contribution is -0.157. The Morgan fingerprint density at radius 2 is 2.07 bits per heavy atom. The number of alkyl halides is 1. The van der Waals surface area contributed by atoms with Gasteiger partial charge in [-0.1, -0.05) is 0 Å². The second kappa shape index (κ2) is 4.94. The molecule has 0 spiro atoms. The maximum absolute atomic E-state index is 12.7. The van der Waals surface area contributed by atoms with Crippen LogP contribution < -0.4 is 5.32 Å². The molecule has 1 rings (SSSR count). The van der Waals surface area contributed by atoms with Crippen molar-refractivity contribution in [3.05, 3.63) is 0 Å². The fourth-order valence-corrected chi connectivity index (χ4v) is 1.25. The van der Waals surface area contributed by atoms with Gasteiger partial charge in [0.1, 0.15) is 17.8 Å². The summed E-state index contributed by atoms with van der Waals surface area (Å²) in [7, 11) is 0. The van der Waals surface area contributed by atoms with Crippen LogP contribution in [0.25, 0.3) is 0 Å². The van der Waals surface area contributed by atoms with Crippen LogP contribution >= 0.6 is 12.4 Å². The molecule has 0 bridgehead atoms. The molecule has 0 amide bonds. The molecule has 1 saturated heterocycles. The molecule has 0 aromatic heterocycles. The van der Waals surface area contributed by atoms with Crippen molar-refractivity contribution in [3.8, 4) is 0 Å². The average molecular weight is 226 g/mol. The van der Waals surface area contributed by atoms with Crippen molar-refractivity contribution in [1.82, 2.24) is 5.32 Å². The van der Waals surface area contributed by atoms with Gasteiger partial charge in [-0.15, -0.1) is 12.4 Å². The van der Waals surface area contributed by atoms with Gasteiger partial charge in [-0.05, 0) is 20.8 Å². The van der Waals surface area contributed by atoms with Gasteiger partial charge in [-0.3, -0.25) is 4.79 Å². The molecule has 1 aliphatic heterocycles. The van der Waals surface area contributed by atoms with Gasteiger partial charge in [0.25, 0.3) is 0 Å². The van der Waals surface area contributed by atoms with Gasteiger partial charge >= 0.3 is 5.97 Å². The summed E-state index contributed by atoms with van der Waals surface area (Å²) in [4.78, 5) is 11.4. The molecular formula is C9H17ClFNO2. The van der Waals surface area contributed by atoms with Crippen LogP contribution in [0.4, 0.5) is 4.39 Å². The molecule has 3 nitrogen and oxygen atoms in total. The van der Waals surface area contributed by atoms with Crippen LogP contribution in [0, 0.1) is 0 Å². The quantitative estimate of drug-likeness (QED) is 0.687. The Kier molecular flexibility index (Phi) is 4.81. The topological polar surface area (TPSA) is 38.3 Å². The molecule has 1 fully saturated rings. The zero-order valence-electron chi connectivity index (χ0n) is 8.67. The van der Waals surface area contributed by atoms with E-state index in [0.717, 1.165) is 0 Å². The highest BCUT2D eigenvalue weighted by molar-refractivity contribution is 5.85. The maximum Gasteiger partial charge on any atom is 0.323 e. The van der Waals surface area contributed by atoms with Crippen molar-refractivity contribution in [1.29, 1.82) is 0 Å². The van der Waals surface area contributed by atoms with Crippen LogP contribution in [0.1, 0.15) is 27.2 Å². The van der Waals surface area contributed by atoms with E-state index in [1.165, 1.54) is 0 Å². The van der Waals surface area contributed by atoms with E-state index in [1.807, 2.05) is 0 Å². The molecule has 1 N–H and O–H groups in total. The fourth-order valence-electron chi connectivity index (χ4n) is 1.25. The largest absolute Gasteiger partial charge is 0.459 e. The van der Waals surface area contributed by atoms with Gasteiger partial charge in [0.2, 0.25) is 0 Å². The maximum atomic E-state index is 12.7. The third-order valence-corrected chi connectivity index (χ3v) is 1.77. The molecular weight excluding hydrogens is 209 g/mol. The first-order valence-electron chi connectivity index (χ1n) is 4.49. The van der Waals surface area contributed by atoms with Crippen molar-refractivity contribution in [2.24, 2.45) is 0 Å². The standard InChI is InChI=1S/C9H16FNO2.ClH/c1-9(2,3)13-8(12)7-4-6(10)5-11-7;/h6-7,11H,4-5H2,1-3H3;1H/t6-,7-;/m0./s1. The predicted octanol–water partition coefficient (Wildman–Crippen LogP) is 1.45. The molecule has 14 heavy (non-hydrogen) atoms. The van der Waals surface area contributed by atoms with Crippen molar-refractivity contribution >= 4 is 18.4 Å². The molecule has 1 heterocycles. The number of ether oxygens (including phenoxy) is 1. The number of rotatable bonds is 1. The summed E-state index contributed by atoms with van der Waals surface area (Å²) >= 11 is 0. The minimum atomic E-state index is -0.919. The van der Waals surface area contributed by atoms with Crippen molar-refractivity contribution < 1.29 is 13.9 Å². The first-order chi connectivity index (χ1) is 5.88. The summed E-state index contributed by atoms with van der Waals surface area (Å²) in [5, 5.41) is 2.78. The van der Waals surface area contributed by atoms with Crippen LogP contribution in [0.5, 0.6) is 0 Å². The van der Waals surface area contributed by atoms with Crippen LogP contribution in [-0.4, -0.2) is 30.3 Å². The zero-order chi connectivity index (χ0) is 10.1. The fraction of sp³-hybridized carbons (Fsp3) is 0.889. The third kappa shape index (κ3) is 4.24. The van der Waals surface area contributed by atoms with E-state index in [1.54, 1.807) is 20.8 Å². The summed E-state index contributed by atoms with van der Waals surface area (Å²) < 4.78 is 17.8. The zero-order valence-corrected chi connectivity index (χ0v) is 9.49. The van der Waals surface area contributed by atoms with Crippen LogP contribution in [0.15, 0.2) is 0 Å². The monoisotopic (exact) mass is 225 g/mol. The first-order valence-corrected chi connectivity index (χ1v) is 4.49. The lowest BCUT2D eigenvalue weighted by atomic mass is 10.1. The minimum Gasteiger partial charge on any atom is -0.459 e. The molecule has 5 heteroatoms. The van der Waals surface area contributed by atoms with Crippen molar-refractivity contribution in [2.75, 3.05) is 6.54 Å². The van der Waals surface area contributed by atoms with E-state index < -0.39 is 17.8 Å². The summed E-state index contributed by atoms with van der Waals surface area (Å²) in [5.74, 6) is -0.354. The normalized spacial score (nSPS) is 26.9. The van der Waals surface area contributed by atoms with E-state index in [4.69, 9.17) is 4.74 Å². The van der Waals surface area contributed by atoms with Gasteiger partial charge in [0, 0.05) is 13.0 Å². The molecule has 0 radical (unpaired) electrons. The van der Waals surface area contributed by atoms with E-state index in [-0.39, 0.29) is 31.3 Å². The van der Waals surface area contributed by atoms with Crippen LogP contribution in [-0.2, 0) is 9.53 Å². The summed E-state index contributed by atoms with van der Waals surface area (Å²) in [6.45, 7) is 5.65. The Balaban J connectivity index is 0.00000169. The Hall–Kier alpha value is -0.350. The second-order valence-corrected chi connectivity index (χ2v) is 4.33. The Morgan fingerprint density at radius 1 is 1.50 bits per heavy atom. The number of halogens is 2. The summed E-state index contributed by atoms with van der Waals surface area (Å²) in [6.07, 6.45) is -0.688. The summed E-state index contributed by atoms with van der Waals surface area (Å²) in [5.41, 5.74) is -0.493. The predicted molar refractivity (Wildman–Crippen MR) is 54.4 cm³/mol. The van der Waals surface area contributed by atoms with Gasteiger partial charge < -0.3 is 10.1 Å². The second-order valence-electron chi connectivity index (χ2n) is 4.33. The number of nitrogens with one attached hydrogen (secondary N) is 1. The lowest BCUT2D eigenvalue weighted by Crippen LogP contribution is -2.37. The number of hydrogen-bond acceptors (Lipinski definition) is 3. The minimum absolute atomic E-state index is 0. The Morgan fingerprint density at radius 3 is 2.43 bits per heavy atom. The Bertz CT molecular complexity index is 205. The number of esters is 1. The molecule has 0 aliphatic carbocycles. The van der Waals surface area contributed by atoms with Gasteiger partial charge in [-0.25, -0.2) is 4.39 Å². The van der Waals surface area contributed by atoms with E-state index in [9.17, 15) is 9.18 Å². The molecule has 0 saturated carbocycles. The highest BCUT2D eigenvalue weighted by Crippen LogP contribution is 2.15. The molecule has 0 aromatic carbocycles. The van der Waals surface area contributed by atoms with Crippen molar-refractivity contribution in [3.63, 3.8) is 0 Å². The van der Waals surface area contributed by atoms with Gasteiger partial charge in [-0.2, -0.15) is 0 Å².